The number of nitrogens with zero attached hydrogens (tertiary/aromatic N) is 3. The molecule has 2 saturated heterocycles. The van der Waals surface area contributed by atoms with Crippen molar-refractivity contribution in [3.05, 3.63) is 0 Å². The highest BCUT2D eigenvalue weighted by Crippen LogP contribution is 2.22. The molecule has 0 aromatic carbocycles. The highest BCUT2D eigenvalue weighted by atomic mass is 19.4. The van der Waals surface area contributed by atoms with Gasteiger partial charge in [0.05, 0.1) is 6.54 Å². The molecule has 2 N–H and O–H groups in total. The number of halogens is 3. The minimum Gasteiger partial charge on any atom is -0.356 e. The summed E-state index contributed by atoms with van der Waals surface area (Å²) in [6, 6.07) is 0. The van der Waals surface area contributed by atoms with Crippen LogP contribution in [0.2, 0.25) is 0 Å². The van der Waals surface area contributed by atoms with Crippen LogP contribution in [0.15, 0.2) is 4.99 Å². The first kappa shape index (κ1) is 21.3. The Balaban J connectivity index is 1.56. The molecule has 0 aromatic rings. The highest BCUT2D eigenvalue weighted by molar-refractivity contribution is 5.79. The second-order valence-corrected chi connectivity index (χ2v) is 7.49. The lowest BCUT2D eigenvalue weighted by Crippen LogP contribution is -2.41. The average molecular weight is 377 g/mol. The molecule has 5 nitrogen and oxygen atoms in total. The third kappa shape index (κ3) is 8.58. The Hall–Kier alpha value is -1.02. The van der Waals surface area contributed by atoms with E-state index >= 15 is 0 Å². The van der Waals surface area contributed by atoms with E-state index in [9.17, 15) is 13.2 Å². The van der Waals surface area contributed by atoms with Crippen molar-refractivity contribution in [2.45, 2.75) is 44.7 Å². The fourth-order valence-corrected chi connectivity index (χ4v) is 3.81. The van der Waals surface area contributed by atoms with E-state index in [4.69, 9.17) is 0 Å². The maximum absolute atomic E-state index is 12.4. The number of rotatable bonds is 7. The van der Waals surface area contributed by atoms with E-state index in [0.717, 1.165) is 31.9 Å². The summed E-state index contributed by atoms with van der Waals surface area (Å²) in [4.78, 5) is 8.24. The minimum absolute atomic E-state index is 0.244. The molecular formula is C18H34F3N5. The summed E-state index contributed by atoms with van der Waals surface area (Å²) in [5.74, 6) is 0.989. The van der Waals surface area contributed by atoms with E-state index < -0.39 is 12.7 Å². The number of alkyl halides is 3. The van der Waals surface area contributed by atoms with Crippen LogP contribution in [-0.2, 0) is 0 Å². The standard InChI is InChI=1S/C18H34F3N5/c1-22-17(23-8-6-11-25-9-4-2-3-5-10-25)24-13-16-7-12-26(14-16)15-18(19,20)21/h16H,2-15H2,1H3,(H2,22,23,24). The first-order chi connectivity index (χ1) is 12.5. The molecule has 0 spiro atoms. The quantitative estimate of drug-likeness (QED) is 0.406. The number of guanidine groups is 1. The summed E-state index contributed by atoms with van der Waals surface area (Å²) in [6.45, 7) is 5.28. The lowest BCUT2D eigenvalue weighted by Gasteiger charge is -2.20. The van der Waals surface area contributed by atoms with Gasteiger partial charge in [-0.05, 0) is 57.8 Å². The van der Waals surface area contributed by atoms with Crippen LogP contribution in [0.1, 0.15) is 38.5 Å². The third-order valence-corrected chi connectivity index (χ3v) is 5.20. The monoisotopic (exact) mass is 377 g/mol. The molecule has 2 heterocycles. The number of aliphatic imine (C=N–C) groups is 1. The van der Waals surface area contributed by atoms with Crippen molar-refractivity contribution in [3.63, 3.8) is 0 Å². The maximum atomic E-state index is 12.4. The molecule has 0 amide bonds. The van der Waals surface area contributed by atoms with Crippen molar-refractivity contribution in [1.29, 1.82) is 0 Å². The van der Waals surface area contributed by atoms with Gasteiger partial charge in [0, 0.05) is 26.7 Å². The van der Waals surface area contributed by atoms with Gasteiger partial charge in [-0.1, -0.05) is 12.8 Å². The van der Waals surface area contributed by atoms with Crippen LogP contribution in [0.4, 0.5) is 13.2 Å². The van der Waals surface area contributed by atoms with Gasteiger partial charge in [-0.2, -0.15) is 13.2 Å². The molecule has 2 aliphatic heterocycles. The molecule has 1 unspecified atom stereocenters. The summed E-state index contributed by atoms with van der Waals surface area (Å²) in [5.41, 5.74) is 0. The predicted octanol–water partition coefficient (Wildman–Crippen LogP) is 2.30. The van der Waals surface area contributed by atoms with Crippen LogP contribution < -0.4 is 10.6 Å². The molecule has 0 radical (unpaired) electrons. The Labute approximate surface area is 155 Å². The Morgan fingerprint density at radius 2 is 1.77 bits per heavy atom. The molecule has 0 aromatic heterocycles. The zero-order chi connectivity index (χ0) is 18.8. The van der Waals surface area contributed by atoms with E-state index in [0.29, 0.717) is 19.6 Å². The largest absolute Gasteiger partial charge is 0.401 e. The highest BCUT2D eigenvalue weighted by Gasteiger charge is 2.34. The normalized spacial score (nSPS) is 23.8. The SMILES string of the molecule is CN=C(NCCCN1CCCCCC1)NCC1CCN(CC(F)(F)F)C1. The van der Waals surface area contributed by atoms with E-state index in [1.165, 1.54) is 43.7 Å². The Morgan fingerprint density at radius 3 is 2.42 bits per heavy atom. The minimum atomic E-state index is -4.10. The summed E-state index contributed by atoms with van der Waals surface area (Å²) in [7, 11) is 1.73. The molecule has 2 fully saturated rings. The predicted molar refractivity (Wildman–Crippen MR) is 99.5 cm³/mol. The number of nitrogens with one attached hydrogen (secondary N) is 2. The second kappa shape index (κ2) is 11.0. The van der Waals surface area contributed by atoms with Gasteiger partial charge < -0.3 is 15.5 Å². The molecule has 152 valence electrons. The number of hydrogen-bond acceptors (Lipinski definition) is 3. The number of likely N-dealkylation sites (tertiary alicyclic amines) is 2. The third-order valence-electron chi connectivity index (χ3n) is 5.20. The summed E-state index contributed by atoms with van der Waals surface area (Å²) in [6.07, 6.45) is 3.10. The molecule has 0 aliphatic carbocycles. The van der Waals surface area contributed by atoms with Crippen molar-refractivity contribution >= 4 is 5.96 Å². The van der Waals surface area contributed by atoms with Crippen LogP contribution in [-0.4, -0.2) is 81.3 Å². The molecule has 26 heavy (non-hydrogen) atoms. The summed E-state index contributed by atoms with van der Waals surface area (Å²) >= 11 is 0. The van der Waals surface area contributed by atoms with E-state index in [1.54, 1.807) is 7.05 Å². The Kier molecular flexibility index (Phi) is 8.98. The van der Waals surface area contributed by atoms with Crippen molar-refractivity contribution in [3.8, 4) is 0 Å². The first-order valence-electron chi connectivity index (χ1n) is 9.92. The van der Waals surface area contributed by atoms with Crippen LogP contribution >= 0.6 is 0 Å². The van der Waals surface area contributed by atoms with Gasteiger partial charge in [-0.25, -0.2) is 0 Å². The van der Waals surface area contributed by atoms with Gasteiger partial charge in [0.1, 0.15) is 0 Å². The molecule has 8 heteroatoms. The van der Waals surface area contributed by atoms with Gasteiger partial charge in [0.15, 0.2) is 5.96 Å². The molecule has 0 saturated carbocycles. The van der Waals surface area contributed by atoms with Crippen molar-refractivity contribution in [2.75, 3.05) is 59.4 Å². The van der Waals surface area contributed by atoms with Crippen molar-refractivity contribution < 1.29 is 13.2 Å². The smallest absolute Gasteiger partial charge is 0.356 e. The van der Waals surface area contributed by atoms with Gasteiger partial charge in [0.25, 0.3) is 0 Å². The van der Waals surface area contributed by atoms with Gasteiger partial charge >= 0.3 is 6.18 Å². The van der Waals surface area contributed by atoms with Crippen molar-refractivity contribution in [1.82, 2.24) is 20.4 Å². The maximum Gasteiger partial charge on any atom is 0.401 e. The number of hydrogen-bond donors (Lipinski definition) is 2. The van der Waals surface area contributed by atoms with Crippen LogP contribution in [0.3, 0.4) is 0 Å². The van der Waals surface area contributed by atoms with E-state index in [2.05, 4.69) is 20.5 Å². The lowest BCUT2D eigenvalue weighted by molar-refractivity contribution is -0.143. The topological polar surface area (TPSA) is 42.9 Å². The van der Waals surface area contributed by atoms with Crippen LogP contribution in [0.5, 0.6) is 0 Å². The molecule has 2 rings (SSSR count). The van der Waals surface area contributed by atoms with Crippen molar-refractivity contribution in [2.24, 2.45) is 10.9 Å². The zero-order valence-corrected chi connectivity index (χ0v) is 16.0. The first-order valence-corrected chi connectivity index (χ1v) is 9.92. The van der Waals surface area contributed by atoms with Gasteiger partial charge in [0.2, 0.25) is 0 Å². The fraction of sp³-hybridized carbons (Fsp3) is 0.944. The average Bonchev–Trinajstić information content (AvgIpc) is 2.85. The molecule has 2 aliphatic rings. The molecular weight excluding hydrogens is 343 g/mol. The Bertz CT molecular complexity index is 420. The van der Waals surface area contributed by atoms with E-state index in [1.807, 2.05) is 0 Å². The molecule has 1 atom stereocenters. The van der Waals surface area contributed by atoms with Gasteiger partial charge in [-0.15, -0.1) is 0 Å². The Morgan fingerprint density at radius 1 is 1.04 bits per heavy atom. The van der Waals surface area contributed by atoms with E-state index in [-0.39, 0.29) is 5.92 Å². The second-order valence-electron chi connectivity index (χ2n) is 7.49. The van der Waals surface area contributed by atoms with Gasteiger partial charge in [-0.3, -0.25) is 9.89 Å². The zero-order valence-electron chi connectivity index (χ0n) is 16.0. The lowest BCUT2D eigenvalue weighted by atomic mass is 10.1. The summed E-state index contributed by atoms with van der Waals surface area (Å²) < 4.78 is 37.3. The van der Waals surface area contributed by atoms with Crippen LogP contribution in [0.25, 0.3) is 0 Å². The fourth-order valence-electron chi connectivity index (χ4n) is 3.81. The summed E-state index contributed by atoms with van der Waals surface area (Å²) in [5, 5.41) is 6.58. The molecule has 0 bridgehead atoms. The van der Waals surface area contributed by atoms with Crippen LogP contribution in [0, 0.1) is 5.92 Å².